The van der Waals surface area contributed by atoms with Gasteiger partial charge >= 0.3 is 0 Å². The Labute approximate surface area is 104 Å². The van der Waals surface area contributed by atoms with Crippen molar-refractivity contribution in [2.45, 2.75) is 51.2 Å². The summed E-state index contributed by atoms with van der Waals surface area (Å²) in [5.74, 6) is 0.243. The molecular weight excluding hydrogens is 216 g/mol. The maximum absolute atomic E-state index is 12.2. The molecule has 0 aromatic heterocycles. The zero-order chi connectivity index (χ0) is 12.5. The fraction of sp³-hybridized carbons (Fsp3) is 0.923. The number of hydrogen-bond acceptors (Lipinski definition) is 3. The summed E-state index contributed by atoms with van der Waals surface area (Å²) in [6.45, 7) is 6.63. The molecule has 0 aromatic carbocycles. The van der Waals surface area contributed by atoms with Crippen molar-refractivity contribution in [3.63, 3.8) is 0 Å². The van der Waals surface area contributed by atoms with Crippen molar-refractivity contribution in [2.24, 2.45) is 0 Å². The van der Waals surface area contributed by atoms with Crippen molar-refractivity contribution in [2.75, 3.05) is 26.2 Å². The quantitative estimate of drug-likeness (QED) is 0.795. The van der Waals surface area contributed by atoms with Gasteiger partial charge in [-0.2, -0.15) is 0 Å². The molecule has 2 heterocycles. The molecule has 0 spiro atoms. The first-order valence-corrected chi connectivity index (χ1v) is 6.76. The van der Waals surface area contributed by atoms with E-state index >= 15 is 0 Å². The molecule has 4 nitrogen and oxygen atoms in total. The number of hydrogen-bond donors (Lipinski definition) is 1. The highest BCUT2D eigenvalue weighted by Gasteiger charge is 2.38. The van der Waals surface area contributed by atoms with E-state index < -0.39 is 5.60 Å². The van der Waals surface area contributed by atoms with Crippen LogP contribution in [0.3, 0.4) is 0 Å². The number of likely N-dealkylation sites (tertiary alicyclic amines) is 2. The van der Waals surface area contributed by atoms with Gasteiger partial charge in [-0.05, 0) is 32.6 Å². The monoisotopic (exact) mass is 240 g/mol. The number of nitrogens with zero attached hydrogens (tertiary/aromatic N) is 2. The third kappa shape index (κ3) is 2.99. The van der Waals surface area contributed by atoms with Gasteiger partial charge < -0.3 is 10.0 Å². The fourth-order valence-electron chi connectivity index (χ4n) is 3.06. The number of amides is 1. The Morgan fingerprint density at radius 3 is 2.71 bits per heavy atom. The largest absolute Gasteiger partial charge is 0.388 e. The number of aliphatic hydroxyl groups is 1. The number of piperidine rings is 1. The Balaban J connectivity index is 1.82. The molecule has 0 aromatic rings. The van der Waals surface area contributed by atoms with Crippen LogP contribution in [-0.2, 0) is 4.79 Å². The molecule has 0 radical (unpaired) electrons. The van der Waals surface area contributed by atoms with Gasteiger partial charge in [-0.1, -0.05) is 6.92 Å². The van der Waals surface area contributed by atoms with Gasteiger partial charge in [0.25, 0.3) is 0 Å². The Morgan fingerprint density at radius 1 is 1.41 bits per heavy atom. The highest BCUT2D eigenvalue weighted by molar-refractivity contribution is 5.78. The molecule has 1 N–H and O–H groups in total. The number of β-amino-alcohol motifs (C(OH)–C–C–N with tert-alkyl or cyclic N) is 1. The van der Waals surface area contributed by atoms with Crippen LogP contribution in [0.2, 0.25) is 0 Å². The van der Waals surface area contributed by atoms with E-state index in [1.807, 2.05) is 11.8 Å². The second kappa shape index (κ2) is 4.94. The maximum atomic E-state index is 12.2. The summed E-state index contributed by atoms with van der Waals surface area (Å²) in [6, 6.07) is 0.443. The lowest BCUT2D eigenvalue weighted by atomic mass is 9.96. The Morgan fingerprint density at radius 2 is 2.12 bits per heavy atom. The van der Waals surface area contributed by atoms with Gasteiger partial charge in [-0.3, -0.25) is 9.69 Å². The van der Waals surface area contributed by atoms with Crippen LogP contribution in [0.4, 0.5) is 0 Å². The molecule has 1 amide bonds. The average Bonchev–Trinajstić information content (AvgIpc) is 2.26. The molecule has 2 saturated heterocycles. The summed E-state index contributed by atoms with van der Waals surface area (Å²) in [6.07, 6.45) is 4.60. The van der Waals surface area contributed by atoms with E-state index in [1.165, 1.54) is 6.42 Å². The zero-order valence-electron chi connectivity index (χ0n) is 11.0. The van der Waals surface area contributed by atoms with Crippen LogP contribution in [0.1, 0.15) is 39.5 Å². The van der Waals surface area contributed by atoms with Crippen LogP contribution < -0.4 is 0 Å². The molecule has 2 aliphatic rings. The van der Waals surface area contributed by atoms with Crippen molar-refractivity contribution in [3.8, 4) is 0 Å². The molecule has 98 valence electrons. The van der Waals surface area contributed by atoms with Gasteiger partial charge in [-0.15, -0.1) is 0 Å². The second-order valence-corrected chi connectivity index (χ2v) is 5.79. The van der Waals surface area contributed by atoms with Crippen LogP contribution in [0, 0.1) is 0 Å². The molecule has 2 fully saturated rings. The van der Waals surface area contributed by atoms with Crippen molar-refractivity contribution in [1.82, 2.24) is 9.80 Å². The zero-order valence-corrected chi connectivity index (χ0v) is 11.0. The predicted octanol–water partition coefficient (Wildman–Crippen LogP) is 0.844. The highest BCUT2D eigenvalue weighted by atomic mass is 16.3. The first-order valence-electron chi connectivity index (χ1n) is 6.76. The van der Waals surface area contributed by atoms with E-state index in [-0.39, 0.29) is 5.91 Å². The topological polar surface area (TPSA) is 43.8 Å². The van der Waals surface area contributed by atoms with E-state index in [0.29, 0.717) is 25.7 Å². The van der Waals surface area contributed by atoms with Gasteiger partial charge in [0.1, 0.15) is 0 Å². The van der Waals surface area contributed by atoms with Crippen molar-refractivity contribution in [3.05, 3.63) is 0 Å². The summed E-state index contributed by atoms with van der Waals surface area (Å²) in [5, 5.41) is 9.64. The Kier molecular flexibility index (Phi) is 3.73. The molecule has 4 heteroatoms. The minimum Gasteiger partial charge on any atom is -0.388 e. The lowest BCUT2D eigenvalue weighted by molar-refractivity contribution is -0.143. The number of carbonyl (C=O) groups excluding carboxylic acids is 1. The van der Waals surface area contributed by atoms with E-state index in [9.17, 15) is 9.90 Å². The van der Waals surface area contributed by atoms with E-state index in [2.05, 4.69) is 11.8 Å². The number of carbonyl (C=O) groups is 1. The van der Waals surface area contributed by atoms with Gasteiger partial charge in [0.05, 0.1) is 12.1 Å². The van der Waals surface area contributed by atoms with Gasteiger partial charge in [-0.25, -0.2) is 0 Å². The van der Waals surface area contributed by atoms with Crippen molar-refractivity contribution < 1.29 is 9.90 Å². The average molecular weight is 240 g/mol. The summed E-state index contributed by atoms with van der Waals surface area (Å²) < 4.78 is 0. The fourth-order valence-corrected chi connectivity index (χ4v) is 3.06. The Bertz CT molecular complexity index is 283. The van der Waals surface area contributed by atoms with Gasteiger partial charge in [0.2, 0.25) is 5.91 Å². The lowest BCUT2D eigenvalue weighted by Gasteiger charge is -2.45. The van der Waals surface area contributed by atoms with Crippen LogP contribution in [-0.4, -0.2) is 58.6 Å². The standard InChI is InChI=1S/C13H24N2O2/c1-3-11-6-4-5-7-15(11)12(16)8-14-9-13(2,17)10-14/h11,17H,3-10H2,1-2H3. The summed E-state index contributed by atoms with van der Waals surface area (Å²) in [7, 11) is 0. The first-order chi connectivity index (χ1) is 8.02. The van der Waals surface area contributed by atoms with Crippen LogP contribution in [0.15, 0.2) is 0 Å². The van der Waals surface area contributed by atoms with Crippen LogP contribution >= 0.6 is 0 Å². The SMILES string of the molecule is CCC1CCCCN1C(=O)CN1CC(C)(O)C1. The molecule has 0 bridgehead atoms. The maximum Gasteiger partial charge on any atom is 0.237 e. The highest BCUT2D eigenvalue weighted by Crippen LogP contribution is 2.22. The Hall–Kier alpha value is -0.610. The smallest absolute Gasteiger partial charge is 0.237 e. The third-order valence-electron chi connectivity index (χ3n) is 3.91. The van der Waals surface area contributed by atoms with Crippen molar-refractivity contribution >= 4 is 5.91 Å². The number of rotatable bonds is 3. The predicted molar refractivity (Wildman–Crippen MR) is 66.7 cm³/mol. The first kappa shape index (κ1) is 12.8. The van der Waals surface area contributed by atoms with Gasteiger partial charge in [0.15, 0.2) is 0 Å². The van der Waals surface area contributed by atoms with Gasteiger partial charge in [0, 0.05) is 25.7 Å². The molecular formula is C13H24N2O2. The minimum absolute atomic E-state index is 0.243. The van der Waals surface area contributed by atoms with Crippen LogP contribution in [0.25, 0.3) is 0 Å². The molecule has 1 unspecified atom stereocenters. The van der Waals surface area contributed by atoms with E-state index in [0.717, 1.165) is 25.8 Å². The minimum atomic E-state index is -0.577. The van der Waals surface area contributed by atoms with Crippen LogP contribution in [0.5, 0.6) is 0 Å². The van der Waals surface area contributed by atoms with Crippen molar-refractivity contribution in [1.29, 1.82) is 0 Å². The normalized spacial score (nSPS) is 28.9. The van der Waals surface area contributed by atoms with E-state index in [4.69, 9.17) is 0 Å². The molecule has 0 saturated carbocycles. The summed E-state index contributed by atoms with van der Waals surface area (Å²) >= 11 is 0. The summed E-state index contributed by atoms with van der Waals surface area (Å²) in [4.78, 5) is 16.3. The van der Waals surface area contributed by atoms with E-state index in [1.54, 1.807) is 0 Å². The third-order valence-corrected chi connectivity index (χ3v) is 3.91. The molecule has 1 atom stereocenters. The lowest BCUT2D eigenvalue weighted by Crippen LogP contribution is -2.62. The molecule has 17 heavy (non-hydrogen) atoms. The molecule has 2 rings (SSSR count). The second-order valence-electron chi connectivity index (χ2n) is 5.79. The summed E-state index contributed by atoms with van der Waals surface area (Å²) in [5.41, 5.74) is -0.577. The molecule has 2 aliphatic heterocycles. The molecule has 0 aliphatic carbocycles.